The van der Waals surface area contributed by atoms with Crippen LogP contribution in [0.2, 0.25) is 0 Å². The average molecular weight is 194 g/mol. The van der Waals surface area contributed by atoms with Crippen LogP contribution in [0.1, 0.15) is 26.7 Å². The van der Waals surface area contributed by atoms with Gasteiger partial charge in [0.25, 0.3) is 0 Å². The van der Waals surface area contributed by atoms with Gasteiger partial charge in [-0.15, -0.1) is 0 Å². The number of esters is 1. The van der Waals surface area contributed by atoms with E-state index in [0.717, 1.165) is 6.42 Å². The van der Waals surface area contributed by atoms with Crippen molar-refractivity contribution in [2.24, 2.45) is 9.98 Å². The summed E-state index contributed by atoms with van der Waals surface area (Å²) in [6.07, 6.45) is 4.59. The Morgan fingerprint density at radius 1 is 1.50 bits per heavy atom. The lowest BCUT2D eigenvalue weighted by atomic mass is 10.1. The molecule has 1 aliphatic rings. The lowest BCUT2D eigenvalue weighted by molar-refractivity contribution is -0.138. The fourth-order valence-electron chi connectivity index (χ4n) is 1.19. The molecule has 0 atom stereocenters. The maximum absolute atomic E-state index is 11.5. The second kappa shape index (κ2) is 5.32. The van der Waals surface area contributed by atoms with Gasteiger partial charge in [0.05, 0.1) is 24.1 Å². The van der Waals surface area contributed by atoms with E-state index in [9.17, 15) is 4.79 Å². The maximum Gasteiger partial charge on any atom is 0.336 e. The monoisotopic (exact) mass is 194 g/mol. The fraction of sp³-hybridized carbons (Fsp3) is 0.500. The van der Waals surface area contributed by atoms with Gasteiger partial charge in [-0.1, -0.05) is 13.3 Å². The van der Waals surface area contributed by atoms with E-state index in [2.05, 4.69) is 9.98 Å². The lowest BCUT2D eigenvalue weighted by Gasteiger charge is -2.05. The Hall–Kier alpha value is -1.45. The molecule has 0 unspecified atom stereocenters. The Kier molecular flexibility index (Phi) is 4.04. The number of ether oxygens (including phenoxy) is 1. The number of carbonyl (C=O) groups excluding carboxylic acids is 1. The molecule has 76 valence electrons. The van der Waals surface area contributed by atoms with Gasteiger partial charge in [-0.05, 0) is 13.3 Å². The summed E-state index contributed by atoms with van der Waals surface area (Å²) in [7, 11) is 0. The Bertz CT molecular complexity index is 289. The zero-order valence-electron chi connectivity index (χ0n) is 8.49. The molecule has 0 spiro atoms. The fourth-order valence-corrected chi connectivity index (χ4v) is 1.19. The number of carbonyl (C=O) groups is 1. The smallest absolute Gasteiger partial charge is 0.336 e. The normalized spacial score (nSPS) is 17.3. The van der Waals surface area contributed by atoms with E-state index in [1.54, 1.807) is 13.1 Å². The highest BCUT2D eigenvalue weighted by Crippen LogP contribution is 2.15. The van der Waals surface area contributed by atoms with Crippen LogP contribution in [-0.4, -0.2) is 25.1 Å². The Morgan fingerprint density at radius 2 is 2.29 bits per heavy atom. The number of hydrogen-bond acceptors (Lipinski definition) is 4. The van der Waals surface area contributed by atoms with Crippen molar-refractivity contribution in [2.75, 3.05) is 6.61 Å². The molecule has 0 aromatic rings. The Labute approximate surface area is 83.4 Å². The molecular weight excluding hydrogens is 180 g/mol. The minimum Gasteiger partial charge on any atom is -0.463 e. The predicted molar refractivity (Wildman–Crippen MR) is 55.6 cm³/mol. The summed E-state index contributed by atoms with van der Waals surface area (Å²) in [6, 6.07) is 0. The van der Waals surface area contributed by atoms with Gasteiger partial charge in [-0.25, -0.2) is 14.8 Å². The summed E-state index contributed by atoms with van der Waals surface area (Å²) in [5.41, 5.74) is 1.25. The minimum atomic E-state index is -0.283. The first-order valence-electron chi connectivity index (χ1n) is 4.75. The molecule has 1 aliphatic heterocycles. The molecule has 0 radical (unpaired) electrons. The van der Waals surface area contributed by atoms with Gasteiger partial charge in [-0.3, -0.25) is 0 Å². The third-order valence-electron chi connectivity index (χ3n) is 1.79. The molecule has 0 aliphatic carbocycles. The number of rotatable bonds is 4. The van der Waals surface area contributed by atoms with Crippen LogP contribution in [0, 0.1) is 0 Å². The van der Waals surface area contributed by atoms with Gasteiger partial charge in [-0.2, -0.15) is 0 Å². The zero-order chi connectivity index (χ0) is 10.4. The number of allylic oxidation sites excluding steroid dienone is 1. The van der Waals surface area contributed by atoms with Crippen LogP contribution in [0.25, 0.3) is 0 Å². The van der Waals surface area contributed by atoms with Gasteiger partial charge in [0.1, 0.15) is 6.34 Å². The van der Waals surface area contributed by atoms with Gasteiger partial charge >= 0.3 is 5.97 Å². The summed E-state index contributed by atoms with van der Waals surface area (Å²) >= 11 is 0. The van der Waals surface area contributed by atoms with E-state index in [4.69, 9.17) is 4.74 Å². The van der Waals surface area contributed by atoms with Crippen molar-refractivity contribution in [3.8, 4) is 0 Å². The largest absolute Gasteiger partial charge is 0.463 e. The molecule has 0 saturated heterocycles. The molecule has 14 heavy (non-hydrogen) atoms. The molecule has 0 aromatic heterocycles. The molecule has 0 bridgehead atoms. The van der Waals surface area contributed by atoms with E-state index in [0.29, 0.717) is 24.3 Å². The zero-order valence-corrected chi connectivity index (χ0v) is 8.49. The standard InChI is InChI=1S/C10H14N2O2/c1-3-5-8(10(13)14-4-2)9-6-11-7-12-9/h6-7H,3-5H2,1-2H3. The first kappa shape index (κ1) is 10.6. The number of nitrogens with zero attached hydrogens (tertiary/aromatic N) is 2. The number of hydrogen-bond donors (Lipinski definition) is 0. The van der Waals surface area contributed by atoms with Gasteiger partial charge in [0.2, 0.25) is 0 Å². The molecule has 0 saturated carbocycles. The van der Waals surface area contributed by atoms with Crippen molar-refractivity contribution in [1.29, 1.82) is 0 Å². The third-order valence-corrected chi connectivity index (χ3v) is 1.79. The Morgan fingerprint density at radius 3 is 2.79 bits per heavy atom. The second-order valence-electron chi connectivity index (χ2n) is 2.86. The maximum atomic E-state index is 11.5. The van der Waals surface area contributed by atoms with Crippen LogP contribution in [0.15, 0.2) is 21.3 Å². The minimum absolute atomic E-state index is 0.283. The van der Waals surface area contributed by atoms with E-state index < -0.39 is 0 Å². The van der Waals surface area contributed by atoms with Crippen molar-refractivity contribution < 1.29 is 9.53 Å². The topological polar surface area (TPSA) is 51.0 Å². The van der Waals surface area contributed by atoms with E-state index in [-0.39, 0.29) is 5.97 Å². The summed E-state index contributed by atoms with van der Waals surface area (Å²) < 4.78 is 4.94. The van der Waals surface area contributed by atoms with Gasteiger partial charge in [0, 0.05) is 0 Å². The highest BCUT2D eigenvalue weighted by Gasteiger charge is 2.15. The molecular formula is C10H14N2O2. The average Bonchev–Trinajstić information content (AvgIpc) is 2.67. The van der Waals surface area contributed by atoms with Crippen LogP contribution in [0.3, 0.4) is 0 Å². The summed E-state index contributed by atoms with van der Waals surface area (Å²) in [5.74, 6) is -0.283. The molecule has 1 heterocycles. The molecule has 4 heteroatoms. The van der Waals surface area contributed by atoms with Crippen molar-refractivity contribution in [1.82, 2.24) is 0 Å². The first-order valence-corrected chi connectivity index (χ1v) is 4.75. The molecule has 0 amide bonds. The molecule has 4 nitrogen and oxygen atoms in total. The quantitative estimate of drug-likeness (QED) is 0.505. The molecule has 0 fully saturated rings. The molecule has 1 rings (SSSR count). The second-order valence-corrected chi connectivity index (χ2v) is 2.86. The third kappa shape index (κ3) is 2.52. The van der Waals surface area contributed by atoms with Crippen molar-refractivity contribution in [2.45, 2.75) is 26.7 Å². The van der Waals surface area contributed by atoms with Crippen molar-refractivity contribution in [3.05, 3.63) is 11.3 Å². The molecule has 0 aromatic carbocycles. The Balaban J connectivity index is 2.83. The van der Waals surface area contributed by atoms with E-state index in [1.807, 2.05) is 6.92 Å². The SMILES string of the molecule is CCCC(C(=O)OCC)=C1C=NC=N1. The van der Waals surface area contributed by atoms with Gasteiger partial charge in [0.15, 0.2) is 0 Å². The molecule has 0 N–H and O–H groups in total. The summed E-state index contributed by atoms with van der Waals surface area (Å²) in [4.78, 5) is 19.3. The lowest BCUT2D eigenvalue weighted by Crippen LogP contribution is -2.09. The number of aliphatic imine (C=N–C) groups is 2. The van der Waals surface area contributed by atoms with Gasteiger partial charge < -0.3 is 4.74 Å². The van der Waals surface area contributed by atoms with Crippen LogP contribution in [0.4, 0.5) is 0 Å². The highest BCUT2D eigenvalue weighted by atomic mass is 16.5. The van der Waals surface area contributed by atoms with E-state index in [1.165, 1.54) is 6.34 Å². The van der Waals surface area contributed by atoms with Crippen LogP contribution >= 0.6 is 0 Å². The van der Waals surface area contributed by atoms with Crippen LogP contribution < -0.4 is 0 Å². The summed E-state index contributed by atoms with van der Waals surface area (Å²) in [5, 5.41) is 0. The van der Waals surface area contributed by atoms with Crippen molar-refractivity contribution in [3.63, 3.8) is 0 Å². The van der Waals surface area contributed by atoms with E-state index >= 15 is 0 Å². The van der Waals surface area contributed by atoms with Crippen molar-refractivity contribution >= 4 is 18.5 Å². The summed E-state index contributed by atoms with van der Waals surface area (Å²) in [6.45, 7) is 4.19. The van der Waals surface area contributed by atoms with Crippen LogP contribution in [0.5, 0.6) is 0 Å². The van der Waals surface area contributed by atoms with Crippen LogP contribution in [-0.2, 0) is 9.53 Å². The first-order chi connectivity index (χ1) is 6.79. The predicted octanol–water partition coefficient (Wildman–Crippen LogP) is 1.72. The highest BCUT2D eigenvalue weighted by molar-refractivity contribution is 6.01.